The standard InChI is InChI=1S/C12H18N2O2S/c1-2-3-9-13-10-11-14-17(15,16)12-7-5-4-6-8-12/h3-9,13-14H,2,10-11H2,1H3. The summed E-state index contributed by atoms with van der Waals surface area (Å²) in [4.78, 5) is 0.295. The Bertz CT molecular complexity index is 441. The van der Waals surface area contributed by atoms with Crippen LogP contribution in [0.2, 0.25) is 0 Å². The van der Waals surface area contributed by atoms with Gasteiger partial charge >= 0.3 is 0 Å². The summed E-state index contributed by atoms with van der Waals surface area (Å²) >= 11 is 0. The molecule has 0 spiro atoms. The van der Waals surface area contributed by atoms with Crippen LogP contribution in [0.3, 0.4) is 0 Å². The average molecular weight is 254 g/mol. The topological polar surface area (TPSA) is 58.2 Å². The first-order valence-electron chi connectivity index (χ1n) is 5.60. The number of sulfonamides is 1. The average Bonchev–Trinajstić information content (AvgIpc) is 2.35. The van der Waals surface area contributed by atoms with E-state index in [-0.39, 0.29) is 0 Å². The van der Waals surface area contributed by atoms with Crippen molar-refractivity contribution in [2.75, 3.05) is 13.1 Å². The predicted octanol–water partition coefficient (Wildman–Crippen LogP) is 1.48. The van der Waals surface area contributed by atoms with Crippen LogP contribution in [-0.2, 0) is 10.0 Å². The molecule has 1 aromatic rings. The maximum absolute atomic E-state index is 11.8. The molecular weight excluding hydrogens is 236 g/mol. The molecule has 0 amide bonds. The minimum Gasteiger partial charge on any atom is -0.390 e. The van der Waals surface area contributed by atoms with Gasteiger partial charge in [-0.2, -0.15) is 0 Å². The molecule has 0 saturated carbocycles. The maximum atomic E-state index is 11.8. The molecule has 0 aliphatic rings. The van der Waals surface area contributed by atoms with Gasteiger partial charge < -0.3 is 5.32 Å². The predicted molar refractivity (Wildman–Crippen MR) is 69.1 cm³/mol. The van der Waals surface area contributed by atoms with Gasteiger partial charge in [0, 0.05) is 13.1 Å². The van der Waals surface area contributed by atoms with E-state index in [1.807, 2.05) is 19.2 Å². The van der Waals surface area contributed by atoms with E-state index in [4.69, 9.17) is 0 Å². The van der Waals surface area contributed by atoms with Crippen molar-refractivity contribution < 1.29 is 8.42 Å². The lowest BCUT2D eigenvalue weighted by molar-refractivity contribution is 0.580. The van der Waals surface area contributed by atoms with Crippen molar-refractivity contribution in [3.8, 4) is 0 Å². The molecule has 0 fully saturated rings. The first kappa shape index (κ1) is 13.7. The zero-order valence-electron chi connectivity index (χ0n) is 9.89. The fraction of sp³-hybridized carbons (Fsp3) is 0.333. The normalized spacial score (nSPS) is 11.8. The summed E-state index contributed by atoms with van der Waals surface area (Å²) in [6, 6.07) is 8.35. The summed E-state index contributed by atoms with van der Waals surface area (Å²) in [6.45, 7) is 2.98. The number of allylic oxidation sites excluding steroid dienone is 1. The molecule has 1 rings (SSSR count). The molecule has 5 heteroatoms. The van der Waals surface area contributed by atoms with E-state index in [1.54, 1.807) is 30.3 Å². The van der Waals surface area contributed by atoms with Crippen molar-refractivity contribution in [3.63, 3.8) is 0 Å². The van der Waals surface area contributed by atoms with E-state index in [0.29, 0.717) is 18.0 Å². The quantitative estimate of drug-likeness (QED) is 0.725. The summed E-state index contributed by atoms with van der Waals surface area (Å²) in [5, 5.41) is 3.00. The van der Waals surface area contributed by atoms with Gasteiger partial charge in [-0.25, -0.2) is 13.1 Å². The van der Waals surface area contributed by atoms with Gasteiger partial charge in [-0.3, -0.25) is 0 Å². The summed E-state index contributed by atoms with van der Waals surface area (Å²) in [5.41, 5.74) is 0. The number of nitrogens with one attached hydrogen (secondary N) is 2. The molecule has 0 unspecified atom stereocenters. The SMILES string of the molecule is CCC=CNCCNS(=O)(=O)c1ccccc1. The lowest BCUT2D eigenvalue weighted by Gasteiger charge is -2.06. The van der Waals surface area contributed by atoms with Gasteiger partial charge in [0.15, 0.2) is 0 Å². The maximum Gasteiger partial charge on any atom is 0.240 e. The Labute approximate surface area is 103 Å². The van der Waals surface area contributed by atoms with Crippen molar-refractivity contribution in [1.82, 2.24) is 10.0 Å². The monoisotopic (exact) mass is 254 g/mol. The molecule has 0 heterocycles. The molecule has 0 bridgehead atoms. The second-order valence-electron chi connectivity index (χ2n) is 3.48. The molecule has 0 radical (unpaired) electrons. The second kappa shape index (κ2) is 7.09. The minimum absolute atomic E-state index is 0.295. The Hall–Kier alpha value is -1.33. The molecular formula is C12H18N2O2S. The third kappa shape index (κ3) is 5.01. The van der Waals surface area contributed by atoms with Gasteiger partial charge in [0.25, 0.3) is 0 Å². The highest BCUT2D eigenvalue weighted by molar-refractivity contribution is 7.89. The Morgan fingerprint density at radius 1 is 1.18 bits per heavy atom. The van der Waals surface area contributed by atoms with Gasteiger partial charge in [-0.1, -0.05) is 31.2 Å². The van der Waals surface area contributed by atoms with Crippen LogP contribution >= 0.6 is 0 Å². The Morgan fingerprint density at radius 2 is 1.88 bits per heavy atom. The number of benzene rings is 1. The zero-order chi connectivity index (χ0) is 12.6. The summed E-state index contributed by atoms with van der Waals surface area (Å²) < 4.78 is 26.1. The van der Waals surface area contributed by atoms with Crippen LogP contribution in [0.5, 0.6) is 0 Å². The zero-order valence-corrected chi connectivity index (χ0v) is 10.7. The van der Waals surface area contributed by atoms with Crippen LogP contribution in [0.1, 0.15) is 13.3 Å². The second-order valence-corrected chi connectivity index (χ2v) is 5.24. The molecule has 0 atom stereocenters. The van der Waals surface area contributed by atoms with Crippen LogP contribution < -0.4 is 10.0 Å². The van der Waals surface area contributed by atoms with Crippen molar-refractivity contribution in [2.24, 2.45) is 0 Å². The highest BCUT2D eigenvalue weighted by Crippen LogP contribution is 2.06. The van der Waals surface area contributed by atoms with E-state index >= 15 is 0 Å². The lowest BCUT2D eigenvalue weighted by atomic mass is 10.4. The Morgan fingerprint density at radius 3 is 2.53 bits per heavy atom. The smallest absolute Gasteiger partial charge is 0.240 e. The molecule has 17 heavy (non-hydrogen) atoms. The van der Waals surface area contributed by atoms with Gasteiger partial charge in [-0.05, 0) is 24.8 Å². The van der Waals surface area contributed by atoms with E-state index in [2.05, 4.69) is 10.0 Å². The molecule has 0 saturated heterocycles. The molecule has 2 N–H and O–H groups in total. The molecule has 0 aliphatic heterocycles. The van der Waals surface area contributed by atoms with Crippen LogP contribution in [0.25, 0.3) is 0 Å². The number of rotatable bonds is 7. The van der Waals surface area contributed by atoms with Crippen molar-refractivity contribution in [1.29, 1.82) is 0 Å². The Kier molecular flexibility index (Phi) is 5.72. The lowest BCUT2D eigenvalue weighted by Crippen LogP contribution is -2.30. The van der Waals surface area contributed by atoms with Crippen LogP contribution in [0.15, 0.2) is 47.5 Å². The van der Waals surface area contributed by atoms with Gasteiger partial charge in [0.2, 0.25) is 10.0 Å². The largest absolute Gasteiger partial charge is 0.390 e. The number of hydrogen-bond donors (Lipinski definition) is 2. The van der Waals surface area contributed by atoms with Gasteiger partial charge in [0.05, 0.1) is 4.90 Å². The third-order valence-corrected chi connectivity index (χ3v) is 3.56. The third-order valence-electron chi connectivity index (χ3n) is 2.09. The van der Waals surface area contributed by atoms with Crippen molar-refractivity contribution in [2.45, 2.75) is 18.2 Å². The highest BCUT2D eigenvalue weighted by atomic mass is 32.2. The van der Waals surface area contributed by atoms with E-state index < -0.39 is 10.0 Å². The fourth-order valence-corrected chi connectivity index (χ4v) is 2.28. The van der Waals surface area contributed by atoms with E-state index in [9.17, 15) is 8.42 Å². The van der Waals surface area contributed by atoms with Crippen molar-refractivity contribution in [3.05, 3.63) is 42.6 Å². The molecule has 0 aliphatic carbocycles. The molecule has 1 aromatic carbocycles. The fourth-order valence-electron chi connectivity index (χ4n) is 1.23. The van der Waals surface area contributed by atoms with Crippen molar-refractivity contribution >= 4 is 10.0 Å². The van der Waals surface area contributed by atoms with Crippen LogP contribution in [0.4, 0.5) is 0 Å². The Balaban J connectivity index is 2.39. The molecule has 94 valence electrons. The summed E-state index contributed by atoms with van der Waals surface area (Å²) in [7, 11) is -3.37. The first-order chi connectivity index (χ1) is 8.17. The number of hydrogen-bond acceptors (Lipinski definition) is 3. The van der Waals surface area contributed by atoms with Gasteiger partial charge in [-0.15, -0.1) is 0 Å². The highest BCUT2D eigenvalue weighted by Gasteiger charge is 2.11. The van der Waals surface area contributed by atoms with Gasteiger partial charge in [0.1, 0.15) is 0 Å². The van der Waals surface area contributed by atoms with Crippen LogP contribution in [0, 0.1) is 0 Å². The summed E-state index contributed by atoms with van der Waals surface area (Å²) in [6.07, 6.45) is 4.77. The molecule has 0 aromatic heterocycles. The summed E-state index contributed by atoms with van der Waals surface area (Å²) in [5.74, 6) is 0. The minimum atomic E-state index is -3.37. The van der Waals surface area contributed by atoms with E-state index in [1.165, 1.54) is 0 Å². The first-order valence-corrected chi connectivity index (χ1v) is 7.08. The van der Waals surface area contributed by atoms with Crippen LogP contribution in [-0.4, -0.2) is 21.5 Å². The molecule has 4 nitrogen and oxygen atoms in total. The van der Waals surface area contributed by atoms with E-state index in [0.717, 1.165) is 6.42 Å².